The zero-order valence-corrected chi connectivity index (χ0v) is 18.5. The van der Waals surface area contributed by atoms with Crippen molar-refractivity contribution < 1.29 is 19.2 Å². The Morgan fingerprint density at radius 1 is 0.765 bits per heavy atom. The number of imide groups is 1. The van der Waals surface area contributed by atoms with Crippen molar-refractivity contribution in [2.45, 2.75) is 12.1 Å². The van der Waals surface area contributed by atoms with Crippen molar-refractivity contribution in [2.24, 2.45) is 5.92 Å². The highest BCUT2D eigenvalue weighted by Gasteiger charge is 2.60. The van der Waals surface area contributed by atoms with Gasteiger partial charge < -0.3 is 4.74 Å². The normalized spacial score (nSPS) is 21.9. The number of rotatable bonds is 4. The van der Waals surface area contributed by atoms with E-state index in [2.05, 4.69) is 0 Å². The lowest BCUT2D eigenvalue weighted by atomic mass is 9.90. The molecule has 0 saturated carbocycles. The number of ether oxygens (including phenoxy) is 1. The lowest BCUT2D eigenvalue weighted by Crippen LogP contribution is -2.37. The molecule has 0 radical (unpaired) electrons. The summed E-state index contributed by atoms with van der Waals surface area (Å²) in [5.74, 6) is -0.564. The minimum Gasteiger partial charge on any atom is -0.497 e. The summed E-state index contributed by atoms with van der Waals surface area (Å²) in [6, 6.07) is 30.0. The maximum Gasteiger partial charge on any atom is 0.266 e. The molecule has 0 spiro atoms. The zero-order valence-electron chi connectivity index (χ0n) is 18.5. The summed E-state index contributed by atoms with van der Waals surface area (Å²) in [7, 11) is 1.61. The van der Waals surface area contributed by atoms with E-state index in [-0.39, 0.29) is 11.8 Å². The number of carbonyl (C=O) groups excluding carboxylic acids is 2. The number of hydroxylamine groups is 1. The molecule has 4 aromatic rings. The van der Waals surface area contributed by atoms with E-state index in [4.69, 9.17) is 9.57 Å². The molecule has 2 amide bonds. The molecule has 4 aromatic carbocycles. The number of nitrogens with zero attached hydrogens (tertiary/aromatic N) is 2. The lowest BCUT2D eigenvalue weighted by molar-refractivity contribution is -0.126. The molecule has 2 heterocycles. The van der Waals surface area contributed by atoms with Crippen LogP contribution >= 0.6 is 0 Å². The highest BCUT2D eigenvalue weighted by molar-refractivity contribution is 6.26. The monoisotopic (exact) mass is 450 g/mol. The Bertz CT molecular complexity index is 1380. The molecule has 2 aliphatic heterocycles. The summed E-state index contributed by atoms with van der Waals surface area (Å²) < 4.78 is 5.31. The van der Waals surface area contributed by atoms with Crippen LogP contribution in [0.25, 0.3) is 10.8 Å². The molecule has 2 saturated heterocycles. The molecule has 3 unspecified atom stereocenters. The Kier molecular flexibility index (Phi) is 4.81. The number of carbonyl (C=O) groups is 2. The Labute approximate surface area is 196 Å². The number of hydrogen-bond donors (Lipinski definition) is 0. The van der Waals surface area contributed by atoms with Crippen molar-refractivity contribution >= 4 is 34.0 Å². The topological polar surface area (TPSA) is 59.1 Å². The van der Waals surface area contributed by atoms with E-state index in [0.717, 1.165) is 27.8 Å². The van der Waals surface area contributed by atoms with E-state index in [1.54, 1.807) is 12.2 Å². The number of fused-ring (bicyclic) bond motifs is 2. The molecule has 2 aliphatic rings. The highest BCUT2D eigenvalue weighted by atomic mass is 16.7. The molecule has 6 rings (SSSR count). The van der Waals surface area contributed by atoms with E-state index < -0.39 is 18.1 Å². The first kappa shape index (κ1) is 20.4. The van der Waals surface area contributed by atoms with Crippen LogP contribution in [-0.4, -0.2) is 25.0 Å². The van der Waals surface area contributed by atoms with Crippen LogP contribution in [-0.2, 0) is 14.4 Å². The molecule has 6 heteroatoms. The average Bonchev–Trinajstić information content (AvgIpc) is 3.40. The molecule has 0 aromatic heterocycles. The number of hydrogen-bond acceptors (Lipinski definition) is 5. The van der Waals surface area contributed by atoms with Crippen LogP contribution in [0.4, 0.5) is 11.4 Å². The lowest BCUT2D eigenvalue weighted by Gasteiger charge is -2.29. The van der Waals surface area contributed by atoms with Crippen LogP contribution in [0, 0.1) is 5.92 Å². The van der Waals surface area contributed by atoms with E-state index in [9.17, 15) is 9.59 Å². The van der Waals surface area contributed by atoms with Gasteiger partial charge in [0.15, 0.2) is 6.10 Å². The van der Waals surface area contributed by atoms with Gasteiger partial charge in [-0.05, 0) is 41.3 Å². The van der Waals surface area contributed by atoms with Gasteiger partial charge in [0.1, 0.15) is 11.7 Å². The largest absolute Gasteiger partial charge is 0.497 e. The minimum atomic E-state index is -0.904. The molecule has 0 N–H and O–H groups in total. The molecular weight excluding hydrogens is 428 g/mol. The summed E-state index contributed by atoms with van der Waals surface area (Å²) in [4.78, 5) is 35.1. The fraction of sp³-hybridized carbons (Fsp3) is 0.143. The van der Waals surface area contributed by atoms with Gasteiger partial charge in [0.2, 0.25) is 5.91 Å². The summed E-state index contributed by atoms with van der Waals surface area (Å²) in [6.45, 7) is 0. The number of methoxy groups -OCH3 is 1. The molecule has 2 fully saturated rings. The van der Waals surface area contributed by atoms with Crippen LogP contribution in [0.1, 0.15) is 11.6 Å². The van der Waals surface area contributed by atoms with Gasteiger partial charge in [-0.2, -0.15) is 0 Å². The molecule has 0 aliphatic carbocycles. The number of anilines is 2. The molecule has 0 bridgehead atoms. The molecular formula is C28H22N2O4. The van der Waals surface area contributed by atoms with Crippen LogP contribution in [0.3, 0.4) is 0 Å². The first-order valence-electron chi connectivity index (χ1n) is 11.2. The van der Waals surface area contributed by atoms with Crippen molar-refractivity contribution in [3.8, 4) is 5.75 Å². The minimum absolute atomic E-state index is 0.259. The first-order valence-corrected chi connectivity index (χ1v) is 11.2. The SMILES string of the molecule is COc1ccc(C2C3C(=O)N(c4cccc5ccccc45)C(=O)C3ON2c2ccccc2)cc1. The first-order chi connectivity index (χ1) is 16.7. The Balaban J connectivity index is 1.45. The molecule has 168 valence electrons. The summed E-state index contributed by atoms with van der Waals surface area (Å²) in [5.41, 5.74) is 2.25. The van der Waals surface area contributed by atoms with Crippen LogP contribution < -0.4 is 14.7 Å². The van der Waals surface area contributed by atoms with Gasteiger partial charge in [-0.1, -0.05) is 66.7 Å². The van der Waals surface area contributed by atoms with Crippen LogP contribution in [0.2, 0.25) is 0 Å². The average molecular weight is 450 g/mol. The third kappa shape index (κ3) is 3.07. The van der Waals surface area contributed by atoms with E-state index in [1.165, 1.54) is 4.90 Å². The fourth-order valence-electron chi connectivity index (χ4n) is 4.99. The van der Waals surface area contributed by atoms with E-state index in [0.29, 0.717) is 5.69 Å². The van der Waals surface area contributed by atoms with E-state index >= 15 is 0 Å². The van der Waals surface area contributed by atoms with E-state index in [1.807, 2.05) is 97.1 Å². The van der Waals surface area contributed by atoms with Gasteiger partial charge in [0.05, 0.1) is 24.5 Å². The van der Waals surface area contributed by atoms with Crippen molar-refractivity contribution in [3.05, 3.63) is 103 Å². The predicted octanol–water partition coefficient (Wildman–Crippen LogP) is 4.90. The number of para-hydroxylation sites is 1. The Morgan fingerprint density at radius 3 is 2.24 bits per heavy atom. The van der Waals surface area contributed by atoms with Gasteiger partial charge in [0.25, 0.3) is 5.91 Å². The second-order valence-corrected chi connectivity index (χ2v) is 8.44. The van der Waals surface area contributed by atoms with Gasteiger partial charge in [-0.25, -0.2) is 9.96 Å². The third-order valence-electron chi connectivity index (χ3n) is 6.59. The van der Waals surface area contributed by atoms with Gasteiger partial charge >= 0.3 is 0 Å². The standard InChI is InChI=1S/C28H22N2O4/c1-33-21-16-14-19(15-17-21)25-24-26(34-30(25)20-10-3-2-4-11-20)28(32)29(27(24)31)23-13-7-9-18-8-5-6-12-22(18)23/h2-17,24-26H,1H3. The molecule has 6 nitrogen and oxygen atoms in total. The smallest absolute Gasteiger partial charge is 0.266 e. The predicted molar refractivity (Wildman–Crippen MR) is 129 cm³/mol. The van der Waals surface area contributed by atoms with Gasteiger partial charge in [-0.15, -0.1) is 0 Å². The maximum atomic E-state index is 13.9. The second-order valence-electron chi connectivity index (χ2n) is 8.44. The number of benzene rings is 4. The molecule has 34 heavy (non-hydrogen) atoms. The fourth-order valence-corrected chi connectivity index (χ4v) is 4.99. The Morgan fingerprint density at radius 2 is 1.47 bits per heavy atom. The summed E-state index contributed by atoms with van der Waals surface area (Å²) in [6.07, 6.45) is -0.904. The van der Waals surface area contributed by atoms with Crippen molar-refractivity contribution in [3.63, 3.8) is 0 Å². The van der Waals surface area contributed by atoms with Crippen LogP contribution in [0.15, 0.2) is 97.1 Å². The number of amides is 2. The van der Waals surface area contributed by atoms with Crippen molar-refractivity contribution in [1.29, 1.82) is 0 Å². The highest BCUT2D eigenvalue weighted by Crippen LogP contribution is 2.48. The summed E-state index contributed by atoms with van der Waals surface area (Å²) >= 11 is 0. The quantitative estimate of drug-likeness (QED) is 0.414. The molecule has 3 atom stereocenters. The Hall–Kier alpha value is -4.16. The second kappa shape index (κ2) is 8.01. The van der Waals surface area contributed by atoms with Gasteiger partial charge in [-0.3, -0.25) is 14.4 Å². The van der Waals surface area contributed by atoms with Crippen molar-refractivity contribution in [2.75, 3.05) is 17.1 Å². The zero-order chi connectivity index (χ0) is 23.2. The van der Waals surface area contributed by atoms with Gasteiger partial charge in [0, 0.05) is 5.39 Å². The third-order valence-corrected chi connectivity index (χ3v) is 6.59. The van der Waals surface area contributed by atoms with Crippen LogP contribution in [0.5, 0.6) is 5.75 Å². The van der Waals surface area contributed by atoms with Crippen molar-refractivity contribution in [1.82, 2.24) is 0 Å². The summed E-state index contributed by atoms with van der Waals surface area (Å²) in [5, 5.41) is 3.52. The maximum absolute atomic E-state index is 13.9.